The van der Waals surface area contributed by atoms with Crippen LogP contribution in [0.15, 0.2) is 53.3 Å². The molecule has 1 unspecified atom stereocenters. The fraction of sp³-hybridized carbons (Fsp3) is 0.375. The molecule has 2 aromatic carbocycles. The summed E-state index contributed by atoms with van der Waals surface area (Å²) in [4.78, 5) is 25.9. The molecule has 1 heterocycles. The molecule has 2 N–H and O–H groups in total. The third-order valence-electron chi connectivity index (χ3n) is 5.43. The molecule has 0 bridgehead atoms. The second kappa shape index (κ2) is 10.9. The third kappa shape index (κ3) is 6.54. The summed E-state index contributed by atoms with van der Waals surface area (Å²) >= 11 is 5.95. The maximum absolute atomic E-state index is 13.1. The maximum Gasteiger partial charge on any atom is 0.416 e. The molecule has 36 heavy (non-hydrogen) atoms. The number of methoxy groups -OCH3 is 1. The van der Waals surface area contributed by atoms with Crippen LogP contribution in [-0.2, 0) is 34.3 Å². The van der Waals surface area contributed by atoms with Gasteiger partial charge in [-0.05, 0) is 55.8 Å². The topological polar surface area (TPSA) is 98.4 Å². The van der Waals surface area contributed by atoms with Crippen molar-refractivity contribution in [3.8, 4) is 11.4 Å². The number of benzene rings is 2. The summed E-state index contributed by atoms with van der Waals surface area (Å²) in [5.41, 5.74) is -1.88. The molecule has 0 aliphatic heterocycles. The lowest BCUT2D eigenvalue weighted by Gasteiger charge is -2.27. The summed E-state index contributed by atoms with van der Waals surface area (Å²) in [6, 6.07) is 11.2. The van der Waals surface area contributed by atoms with Gasteiger partial charge in [-0.25, -0.2) is 9.48 Å². The van der Waals surface area contributed by atoms with Crippen LogP contribution in [-0.4, -0.2) is 45.2 Å². The number of nitrogens with zero attached hydrogens (tertiary/aromatic N) is 3. The van der Waals surface area contributed by atoms with E-state index in [0.717, 1.165) is 16.8 Å². The van der Waals surface area contributed by atoms with Gasteiger partial charge in [0.15, 0.2) is 5.82 Å². The number of aliphatic hydroxyl groups excluding tert-OH is 1. The van der Waals surface area contributed by atoms with Gasteiger partial charge in [0, 0.05) is 17.7 Å². The molecule has 3 rings (SSSR count). The first-order valence-corrected chi connectivity index (χ1v) is 11.3. The minimum absolute atomic E-state index is 0.0245. The van der Waals surface area contributed by atoms with Gasteiger partial charge in [-0.3, -0.25) is 9.36 Å². The van der Waals surface area contributed by atoms with Crippen LogP contribution in [0.5, 0.6) is 0 Å². The zero-order valence-corrected chi connectivity index (χ0v) is 20.6. The van der Waals surface area contributed by atoms with E-state index in [4.69, 9.17) is 16.3 Å². The number of halogens is 4. The predicted octanol–water partition coefficient (Wildman–Crippen LogP) is 3.44. The SMILES string of the molecule is COCC(O)Cn1c(-c2ccc(Cl)cc2)nn(CC(=O)NC(C)(C)c2cccc(C(F)(F)F)c2)c1=O. The van der Waals surface area contributed by atoms with E-state index in [0.29, 0.717) is 10.6 Å². The van der Waals surface area contributed by atoms with Gasteiger partial charge in [0.25, 0.3) is 0 Å². The van der Waals surface area contributed by atoms with Crippen LogP contribution in [0.25, 0.3) is 11.4 Å². The molecule has 0 spiro atoms. The summed E-state index contributed by atoms with van der Waals surface area (Å²) in [6.07, 6.45) is -5.54. The number of ether oxygens (including phenoxy) is 1. The maximum atomic E-state index is 13.1. The van der Waals surface area contributed by atoms with Crippen LogP contribution in [0.3, 0.4) is 0 Å². The minimum Gasteiger partial charge on any atom is -0.389 e. The molecule has 0 aliphatic rings. The molecule has 12 heteroatoms. The highest BCUT2D eigenvalue weighted by atomic mass is 35.5. The first kappa shape index (κ1) is 27.4. The highest BCUT2D eigenvalue weighted by molar-refractivity contribution is 6.30. The van der Waals surface area contributed by atoms with Crippen molar-refractivity contribution in [1.82, 2.24) is 19.7 Å². The average Bonchev–Trinajstić information content (AvgIpc) is 3.08. The van der Waals surface area contributed by atoms with Crippen LogP contribution in [0.1, 0.15) is 25.0 Å². The Kier molecular flexibility index (Phi) is 8.27. The lowest BCUT2D eigenvalue weighted by Crippen LogP contribution is -2.44. The first-order chi connectivity index (χ1) is 16.8. The normalized spacial score (nSPS) is 13.0. The van der Waals surface area contributed by atoms with E-state index in [1.165, 1.54) is 23.8 Å². The molecule has 1 amide bonds. The molecule has 0 radical (unpaired) electrons. The van der Waals surface area contributed by atoms with Crippen molar-refractivity contribution in [2.45, 2.75) is 44.8 Å². The van der Waals surface area contributed by atoms with Gasteiger partial charge in [-0.1, -0.05) is 23.7 Å². The van der Waals surface area contributed by atoms with Crippen LogP contribution >= 0.6 is 11.6 Å². The number of hydrogen-bond acceptors (Lipinski definition) is 5. The highest BCUT2D eigenvalue weighted by Gasteiger charge is 2.32. The molecule has 1 aromatic heterocycles. The van der Waals surface area contributed by atoms with Gasteiger partial charge in [0.05, 0.1) is 30.4 Å². The third-order valence-corrected chi connectivity index (χ3v) is 5.69. The zero-order valence-electron chi connectivity index (χ0n) is 19.8. The number of nitrogens with one attached hydrogen (secondary N) is 1. The van der Waals surface area contributed by atoms with Crippen molar-refractivity contribution < 1.29 is 27.8 Å². The lowest BCUT2D eigenvalue weighted by atomic mass is 9.92. The number of aliphatic hydroxyl groups is 1. The number of rotatable bonds is 9. The van der Waals surface area contributed by atoms with Gasteiger partial charge >= 0.3 is 11.9 Å². The van der Waals surface area contributed by atoms with E-state index in [2.05, 4.69) is 10.4 Å². The van der Waals surface area contributed by atoms with E-state index in [1.807, 2.05) is 0 Å². The molecular weight excluding hydrogens is 501 g/mol. The first-order valence-electron chi connectivity index (χ1n) is 10.9. The summed E-state index contributed by atoms with van der Waals surface area (Å²) in [6.45, 7) is 2.46. The standard InChI is InChI=1S/C24H26ClF3N4O4/c1-23(2,16-5-4-6-17(11-16)24(26,27)28)29-20(34)13-32-22(35)31(12-19(33)14-36-3)21(30-32)15-7-9-18(25)10-8-15/h4-11,19,33H,12-14H2,1-3H3,(H,29,34). The van der Waals surface area contributed by atoms with Crippen molar-refractivity contribution in [3.05, 3.63) is 75.2 Å². The van der Waals surface area contributed by atoms with Crippen LogP contribution in [0.2, 0.25) is 5.02 Å². The number of alkyl halides is 3. The second-order valence-corrected chi connectivity index (χ2v) is 9.18. The summed E-state index contributed by atoms with van der Waals surface area (Å²) in [7, 11) is 1.41. The van der Waals surface area contributed by atoms with Crippen molar-refractivity contribution in [1.29, 1.82) is 0 Å². The number of amides is 1. The molecular formula is C24H26ClF3N4O4. The quantitative estimate of drug-likeness (QED) is 0.445. The molecule has 8 nitrogen and oxygen atoms in total. The average molecular weight is 527 g/mol. The summed E-state index contributed by atoms with van der Waals surface area (Å²) in [5, 5.41) is 17.6. The molecule has 0 fully saturated rings. The van der Waals surface area contributed by atoms with Gasteiger partial charge in [-0.2, -0.15) is 13.2 Å². The summed E-state index contributed by atoms with van der Waals surface area (Å²) in [5.74, 6) is -0.430. The molecule has 0 saturated carbocycles. The number of hydrogen-bond donors (Lipinski definition) is 2. The monoisotopic (exact) mass is 526 g/mol. The van der Waals surface area contributed by atoms with Crippen molar-refractivity contribution in [3.63, 3.8) is 0 Å². The van der Waals surface area contributed by atoms with E-state index in [1.54, 1.807) is 38.1 Å². The highest BCUT2D eigenvalue weighted by Crippen LogP contribution is 2.32. The van der Waals surface area contributed by atoms with E-state index in [9.17, 15) is 27.9 Å². The van der Waals surface area contributed by atoms with E-state index >= 15 is 0 Å². The Bertz CT molecular complexity index is 1270. The van der Waals surface area contributed by atoms with Crippen molar-refractivity contribution in [2.24, 2.45) is 0 Å². The summed E-state index contributed by atoms with van der Waals surface area (Å²) < 4.78 is 46.4. The second-order valence-electron chi connectivity index (χ2n) is 8.74. The van der Waals surface area contributed by atoms with Crippen LogP contribution in [0.4, 0.5) is 13.2 Å². The Hall–Kier alpha value is -3.15. The van der Waals surface area contributed by atoms with Crippen molar-refractivity contribution in [2.75, 3.05) is 13.7 Å². The molecule has 194 valence electrons. The molecule has 0 aliphatic carbocycles. The predicted molar refractivity (Wildman–Crippen MR) is 127 cm³/mol. The molecule has 3 aromatic rings. The van der Waals surface area contributed by atoms with E-state index in [-0.39, 0.29) is 24.5 Å². The Balaban J connectivity index is 1.88. The Labute approximate surface area is 210 Å². The Morgan fingerprint density at radius 3 is 2.42 bits per heavy atom. The Morgan fingerprint density at radius 2 is 1.81 bits per heavy atom. The molecule has 0 saturated heterocycles. The minimum atomic E-state index is -4.53. The number of carbonyl (C=O) groups excluding carboxylic acids is 1. The van der Waals surface area contributed by atoms with Crippen LogP contribution in [0, 0.1) is 0 Å². The fourth-order valence-electron chi connectivity index (χ4n) is 3.66. The van der Waals surface area contributed by atoms with E-state index < -0.39 is 41.5 Å². The van der Waals surface area contributed by atoms with Gasteiger partial charge in [0.2, 0.25) is 5.91 Å². The van der Waals surface area contributed by atoms with Crippen molar-refractivity contribution >= 4 is 17.5 Å². The number of aromatic nitrogens is 3. The van der Waals surface area contributed by atoms with Crippen LogP contribution < -0.4 is 11.0 Å². The van der Waals surface area contributed by atoms with Gasteiger partial charge < -0.3 is 15.2 Å². The zero-order chi connectivity index (χ0) is 26.7. The smallest absolute Gasteiger partial charge is 0.389 e. The lowest BCUT2D eigenvalue weighted by molar-refractivity contribution is -0.137. The fourth-order valence-corrected chi connectivity index (χ4v) is 3.78. The Morgan fingerprint density at radius 1 is 1.17 bits per heavy atom. The van der Waals surface area contributed by atoms with Gasteiger partial charge in [-0.15, -0.1) is 5.10 Å². The number of carbonyl (C=O) groups is 1. The molecule has 1 atom stereocenters. The van der Waals surface area contributed by atoms with Gasteiger partial charge in [0.1, 0.15) is 6.54 Å². The largest absolute Gasteiger partial charge is 0.416 e.